The summed E-state index contributed by atoms with van der Waals surface area (Å²) in [7, 11) is 0. The highest BCUT2D eigenvalue weighted by molar-refractivity contribution is 14.1. The number of nitrogens with one attached hydrogen (secondary N) is 1. The molecule has 0 aliphatic heterocycles. The molecule has 1 amide bonds. The lowest BCUT2D eigenvalue weighted by Crippen LogP contribution is -2.28. The number of amidine groups is 1. The molecule has 0 bridgehead atoms. The molecule has 0 radical (unpaired) electrons. The summed E-state index contributed by atoms with van der Waals surface area (Å²) >= 11 is 5.45. The highest BCUT2D eigenvalue weighted by Gasteiger charge is 2.09. The molecular formula is C10H11BrIN3O2. The van der Waals surface area contributed by atoms with Crippen LogP contribution < -0.4 is 11.1 Å². The third kappa shape index (κ3) is 4.50. The number of nitrogens with two attached hydrogens (primary N) is 1. The fourth-order valence-electron chi connectivity index (χ4n) is 1.12. The normalized spacial score (nSPS) is 11.3. The predicted molar refractivity (Wildman–Crippen MR) is 77.2 cm³/mol. The van der Waals surface area contributed by atoms with Gasteiger partial charge in [0.05, 0.1) is 5.56 Å². The summed E-state index contributed by atoms with van der Waals surface area (Å²) in [6, 6.07) is 5.50. The lowest BCUT2D eigenvalue weighted by molar-refractivity contribution is 0.0954. The smallest absolute Gasteiger partial charge is 0.252 e. The lowest BCUT2D eigenvalue weighted by Gasteiger charge is -2.06. The van der Waals surface area contributed by atoms with Gasteiger partial charge >= 0.3 is 0 Å². The van der Waals surface area contributed by atoms with Crippen LogP contribution in [0, 0.1) is 3.57 Å². The van der Waals surface area contributed by atoms with E-state index in [-0.39, 0.29) is 11.7 Å². The lowest BCUT2D eigenvalue weighted by atomic mass is 10.2. The second-order valence-corrected chi connectivity index (χ2v) is 5.32. The van der Waals surface area contributed by atoms with Crippen molar-refractivity contribution in [1.29, 1.82) is 0 Å². The van der Waals surface area contributed by atoms with Gasteiger partial charge in [-0.3, -0.25) is 4.79 Å². The molecule has 92 valence electrons. The van der Waals surface area contributed by atoms with Gasteiger partial charge in [-0.05, 0) is 56.7 Å². The van der Waals surface area contributed by atoms with Crippen LogP contribution in [0.25, 0.3) is 0 Å². The number of halogens is 2. The average Bonchev–Trinajstić information content (AvgIpc) is 2.31. The van der Waals surface area contributed by atoms with Crippen molar-refractivity contribution in [3.63, 3.8) is 0 Å². The minimum atomic E-state index is -0.193. The van der Waals surface area contributed by atoms with Gasteiger partial charge in [0.1, 0.15) is 5.84 Å². The maximum Gasteiger partial charge on any atom is 0.252 e. The van der Waals surface area contributed by atoms with E-state index in [4.69, 9.17) is 10.9 Å². The molecule has 17 heavy (non-hydrogen) atoms. The van der Waals surface area contributed by atoms with Crippen molar-refractivity contribution in [1.82, 2.24) is 5.32 Å². The van der Waals surface area contributed by atoms with Gasteiger partial charge in [-0.1, -0.05) is 5.16 Å². The summed E-state index contributed by atoms with van der Waals surface area (Å²) < 4.78 is 1.71. The molecule has 1 aromatic rings. The third-order valence-electron chi connectivity index (χ3n) is 1.97. The van der Waals surface area contributed by atoms with Gasteiger partial charge in [0, 0.05) is 21.0 Å². The summed E-state index contributed by atoms with van der Waals surface area (Å²) in [4.78, 5) is 11.8. The van der Waals surface area contributed by atoms with E-state index < -0.39 is 0 Å². The fourth-order valence-corrected chi connectivity index (χ4v) is 2.04. The molecule has 0 fully saturated rings. The summed E-state index contributed by atoms with van der Waals surface area (Å²) in [5.41, 5.74) is 5.86. The molecule has 0 atom stereocenters. The molecule has 0 aliphatic carbocycles. The van der Waals surface area contributed by atoms with Gasteiger partial charge in [0.25, 0.3) is 5.91 Å². The Morgan fingerprint density at radius 3 is 2.94 bits per heavy atom. The van der Waals surface area contributed by atoms with Crippen LogP contribution in [-0.4, -0.2) is 23.5 Å². The van der Waals surface area contributed by atoms with Crippen LogP contribution in [0.4, 0.5) is 0 Å². The number of amides is 1. The van der Waals surface area contributed by atoms with Gasteiger partial charge in [-0.2, -0.15) is 0 Å². The highest BCUT2D eigenvalue weighted by Crippen LogP contribution is 2.19. The van der Waals surface area contributed by atoms with E-state index in [9.17, 15) is 4.79 Å². The second-order valence-electron chi connectivity index (χ2n) is 3.22. The Balaban J connectivity index is 2.61. The molecule has 4 N–H and O–H groups in total. The first-order valence-electron chi connectivity index (χ1n) is 4.74. The summed E-state index contributed by atoms with van der Waals surface area (Å²) in [6.45, 7) is 0.326. The van der Waals surface area contributed by atoms with E-state index in [0.29, 0.717) is 18.5 Å². The Morgan fingerprint density at radius 1 is 1.59 bits per heavy atom. The maximum absolute atomic E-state index is 11.8. The molecule has 5 nitrogen and oxygen atoms in total. The van der Waals surface area contributed by atoms with Crippen LogP contribution in [-0.2, 0) is 0 Å². The maximum atomic E-state index is 11.8. The van der Waals surface area contributed by atoms with Gasteiger partial charge in [-0.15, -0.1) is 0 Å². The van der Waals surface area contributed by atoms with E-state index in [1.54, 1.807) is 6.07 Å². The zero-order valence-corrected chi connectivity index (χ0v) is 12.5. The van der Waals surface area contributed by atoms with Crippen molar-refractivity contribution in [2.75, 3.05) is 6.54 Å². The zero-order chi connectivity index (χ0) is 12.8. The Hall–Kier alpha value is -0.830. The van der Waals surface area contributed by atoms with Crippen molar-refractivity contribution in [2.45, 2.75) is 6.42 Å². The number of carbonyl (C=O) groups is 1. The van der Waals surface area contributed by atoms with Crippen LogP contribution in [0.5, 0.6) is 0 Å². The third-order valence-corrected chi connectivity index (χ3v) is 3.33. The first kappa shape index (κ1) is 14.2. The van der Waals surface area contributed by atoms with Crippen LogP contribution >= 0.6 is 38.5 Å². The van der Waals surface area contributed by atoms with E-state index in [2.05, 4.69) is 49.0 Å². The van der Waals surface area contributed by atoms with E-state index in [1.807, 2.05) is 12.1 Å². The Bertz CT molecular complexity index is 451. The minimum absolute atomic E-state index is 0.0898. The second kappa shape index (κ2) is 6.80. The monoisotopic (exact) mass is 411 g/mol. The number of hydrogen-bond donors (Lipinski definition) is 3. The average molecular weight is 412 g/mol. The number of hydrogen-bond acceptors (Lipinski definition) is 3. The highest BCUT2D eigenvalue weighted by atomic mass is 127. The van der Waals surface area contributed by atoms with Gasteiger partial charge < -0.3 is 16.3 Å². The zero-order valence-electron chi connectivity index (χ0n) is 8.78. The number of oxime groups is 1. The van der Waals surface area contributed by atoms with Gasteiger partial charge in [0.2, 0.25) is 0 Å². The topological polar surface area (TPSA) is 87.7 Å². The Morgan fingerprint density at radius 2 is 2.29 bits per heavy atom. The number of carbonyl (C=O) groups excluding carboxylic acids is 1. The Labute approximate surface area is 121 Å². The minimum Gasteiger partial charge on any atom is -0.409 e. The van der Waals surface area contributed by atoms with Crippen molar-refractivity contribution in [3.05, 3.63) is 31.8 Å². The summed E-state index contributed by atoms with van der Waals surface area (Å²) in [5.74, 6) is -0.104. The summed E-state index contributed by atoms with van der Waals surface area (Å²) in [6.07, 6.45) is 0.309. The summed E-state index contributed by atoms with van der Waals surface area (Å²) in [5, 5.41) is 13.8. The fraction of sp³-hybridized carbons (Fsp3) is 0.200. The van der Waals surface area contributed by atoms with Gasteiger partial charge in [-0.25, -0.2) is 0 Å². The van der Waals surface area contributed by atoms with Crippen molar-refractivity contribution >= 4 is 50.3 Å². The standard InChI is InChI=1S/C10H11BrIN3O2/c11-8-2-1-6(12)5-7(8)10(16)14-4-3-9(13)15-17/h1-2,5,17H,3-4H2,(H2,13,15)(H,14,16). The molecule has 0 saturated heterocycles. The number of nitrogens with zero attached hydrogens (tertiary/aromatic N) is 1. The number of benzene rings is 1. The van der Waals surface area contributed by atoms with Crippen molar-refractivity contribution < 1.29 is 10.0 Å². The SMILES string of the molecule is N/C(CCNC(=O)c1cc(I)ccc1Br)=N/O. The largest absolute Gasteiger partial charge is 0.409 e. The molecule has 7 heteroatoms. The first-order chi connectivity index (χ1) is 8.04. The van der Waals surface area contributed by atoms with Crippen LogP contribution in [0.15, 0.2) is 27.8 Å². The molecule has 0 heterocycles. The molecule has 0 spiro atoms. The molecule has 1 aromatic carbocycles. The predicted octanol–water partition coefficient (Wildman–Crippen LogP) is 1.92. The van der Waals surface area contributed by atoms with E-state index in [0.717, 1.165) is 8.04 Å². The van der Waals surface area contributed by atoms with E-state index in [1.165, 1.54) is 0 Å². The Kier molecular flexibility index (Phi) is 5.69. The molecule has 0 aromatic heterocycles. The van der Waals surface area contributed by atoms with Crippen LogP contribution in [0.2, 0.25) is 0 Å². The molecule has 0 saturated carbocycles. The first-order valence-corrected chi connectivity index (χ1v) is 6.61. The van der Waals surface area contributed by atoms with Crippen molar-refractivity contribution in [3.8, 4) is 0 Å². The molecule has 1 rings (SSSR count). The van der Waals surface area contributed by atoms with Crippen molar-refractivity contribution in [2.24, 2.45) is 10.9 Å². The molecule has 0 unspecified atom stereocenters. The van der Waals surface area contributed by atoms with E-state index >= 15 is 0 Å². The molecule has 0 aliphatic rings. The van der Waals surface area contributed by atoms with Crippen LogP contribution in [0.1, 0.15) is 16.8 Å². The quantitative estimate of drug-likeness (QED) is 0.232. The van der Waals surface area contributed by atoms with Gasteiger partial charge in [0.15, 0.2) is 0 Å². The number of rotatable bonds is 4. The molecular weight excluding hydrogens is 401 g/mol. The van der Waals surface area contributed by atoms with Crippen LogP contribution in [0.3, 0.4) is 0 Å².